The molecule has 0 spiro atoms. The zero-order valence-corrected chi connectivity index (χ0v) is 12.2. The van der Waals surface area contributed by atoms with Crippen molar-refractivity contribution in [3.8, 4) is 0 Å². The normalized spacial score (nSPS) is 15.7. The topological polar surface area (TPSA) is 32.3 Å². The average Bonchev–Trinajstić information content (AvgIpc) is 2.45. The Labute approximate surface area is 116 Å². The van der Waals surface area contributed by atoms with Crippen molar-refractivity contribution in [1.29, 1.82) is 0 Å². The van der Waals surface area contributed by atoms with Crippen LogP contribution in [0.5, 0.6) is 0 Å². The average molecular weight is 260 g/mol. The van der Waals surface area contributed by atoms with Crippen molar-refractivity contribution in [2.75, 3.05) is 13.6 Å². The zero-order valence-electron chi connectivity index (χ0n) is 12.2. The van der Waals surface area contributed by atoms with Gasteiger partial charge in [0, 0.05) is 25.2 Å². The summed E-state index contributed by atoms with van der Waals surface area (Å²) in [4.78, 5) is 14.3. The fraction of sp³-hybridized carbons (Fsp3) is 0.562. The molecule has 0 bridgehead atoms. The molecule has 0 aromatic heterocycles. The van der Waals surface area contributed by atoms with Crippen molar-refractivity contribution in [1.82, 2.24) is 10.2 Å². The summed E-state index contributed by atoms with van der Waals surface area (Å²) < 4.78 is 0. The van der Waals surface area contributed by atoms with Gasteiger partial charge >= 0.3 is 0 Å². The van der Waals surface area contributed by atoms with Crippen LogP contribution in [-0.4, -0.2) is 30.4 Å². The lowest BCUT2D eigenvalue weighted by Gasteiger charge is -2.25. The Morgan fingerprint density at radius 3 is 2.95 bits per heavy atom. The van der Waals surface area contributed by atoms with Crippen molar-refractivity contribution in [3.05, 3.63) is 34.9 Å². The molecule has 104 valence electrons. The molecule has 1 aliphatic heterocycles. The molecule has 19 heavy (non-hydrogen) atoms. The summed E-state index contributed by atoms with van der Waals surface area (Å²) in [6.07, 6.45) is 3.22. The minimum absolute atomic E-state index is 0.134. The third-order valence-electron chi connectivity index (χ3n) is 4.03. The third kappa shape index (κ3) is 3.16. The van der Waals surface area contributed by atoms with E-state index in [9.17, 15) is 4.79 Å². The molecule has 0 aliphatic carbocycles. The summed E-state index contributed by atoms with van der Waals surface area (Å²) in [6, 6.07) is 6.44. The first-order valence-electron chi connectivity index (χ1n) is 7.23. The van der Waals surface area contributed by atoms with Crippen LogP contribution in [0.3, 0.4) is 0 Å². The standard InChI is InChI=1S/C16H24N2O/c1-4-5-12(2)18(3)16(19)14-7-6-13-8-9-17-11-15(13)10-14/h6-7,10,12,17H,4-5,8-9,11H2,1-3H3. The van der Waals surface area contributed by atoms with Crippen LogP contribution < -0.4 is 5.32 Å². The zero-order chi connectivity index (χ0) is 13.8. The van der Waals surface area contributed by atoms with Crippen LogP contribution in [0.1, 0.15) is 48.2 Å². The van der Waals surface area contributed by atoms with Gasteiger partial charge in [-0.05, 0) is 49.6 Å². The highest BCUT2D eigenvalue weighted by Crippen LogP contribution is 2.18. The molecule has 1 aliphatic rings. The van der Waals surface area contributed by atoms with E-state index in [0.29, 0.717) is 6.04 Å². The van der Waals surface area contributed by atoms with Crippen LogP contribution in [0.4, 0.5) is 0 Å². The summed E-state index contributed by atoms with van der Waals surface area (Å²) in [6.45, 7) is 6.18. The Hall–Kier alpha value is -1.35. The molecule has 3 nitrogen and oxygen atoms in total. The number of carbonyl (C=O) groups excluding carboxylic acids is 1. The lowest BCUT2D eigenvalue weighted by Crippen LogP contribution is -2.35. The first-order valence-corrected chi connectivity index (χ1v) is 7.23. The molecular weight excluding hydrogens is 236 g/mol. The number of hydrogen-bond donors (Lipinski definition) is 1. The van der Waals surface area contributed by atoms with E-state index in [-0.39, 0.29) is 5.91 Å². The smallest absolute Gasteiger partial charge is 0.253 e. The van der Waals surface area contributed by atoms with Gasteiger partial charge in [-0.1, -0.05) is 19.4 Å². The molecule has 2 rings (SSSR count). The molecule has 0 fully saturated rings. The second kappa shape index (κ2) is 6.20. The van der Waals surface area contributed by atoms with Gasteiger partial charge in [0.15, 0.2) is 0 Å². The van der Waals surface area contributed by atoms with Crippen LogP contribution in [0.2, 0.25) is 0 Å². The highest BCUT2D eigenvalue weighted by atomic mass is 16.2. The van der Waals surface area contributed by atoms with Gasteiger partial charge in [-0.3, -0.25) is 4.79 Å². The summed E-state index contributed by atoms with van der Waals surface area (Å²) in [5.41, 5.74) is 3.46. The van der Waals surface area contributed by atoms with Crippen LogP contribution in [0.25, 0.3) is 0 Å². The first-order chi connectivity index (χ1) is 9.13. The van der Waals surface area contributed by atoms with Crippen LogP contribution in [0, 0.1) is 0 Å². The van der Waals surface area contributed by atoms with E-state index in [2.05, 4.69) is 31.3 Å². The van der Waals surface area contributed by atoms with Gasteiger partial charge in [0.1, 0.15) is 0 Å². The number of nitrogens with one attached hydrogen (secondary N) is 1. The van der Waals surface area contributed by atoms with Crippen molar-refractivity contribution in [2.45, 2.75) is 45.7 Å². The van der Waals surface area contributed by atoms with Crippen molar-refractivity contribution in [3.63, 3.8) is 0 Å². The summed E-state index contributed by atoms with van der Waals surface area (Å²) in [7, 11) is 1.90. The predicted molar refractivity (Wildman–Crippen MR) is 78.3 cm³/mol. The van der Waals surface area contributed by atoms with Crippen molar-refractivity contribution >= 4 is 5.91 Å². The van der Waals surface area contributed by atoms with E-state index >= 15 is 0 Å². The molecule has 1 N–H and O–H groups in total. The van der Waals surface area contributed by atoms with Gasteiger partial charge in [-0.2, -0.15) is 0 Å². The van der Waals surface area contributed by atoms with Crippen LogP contribution in [-0.2, 0) is 13.0 Å². The van der Waals surface area contributed by atoms with Crippen molar-refractivity contribution in [2.24, 2.45) is 0 Å². The quantitative estimate of drug-likeness (QED) is 0.902. The Morgan fingerprint density at radius 2 is 2.21 bits per heavy atom. The summed E-state index contributed by atoms with van der Waals surface area (Å²) in [5.74, 6) is 0.134. The molecular formula is C16H24N2O. The maximum absolute atomic E-state index is 12.5. The molecule has 0 saturated carbocycles. The molecule has 1 atom stereocenters. The molecule has 1 heterocycles. The van der Waals surface area contributed by atoms with E-state index in [4.69, 9.17) is 0 Å². The monoisotopic (exact) mass is 260 g/mol. The fourth-order valence-electron chi connectivity index (χ4n) is 2.63. The number of nitrogens with zero attached hydrogens (tertiary/aromatic N) is 1. The number of hydrogen-bond acceptors (Lipinski definition) is 2. The van der Waals surface area contributed by atoms with Gasteiger partial charge in [0.05, 0.1) is 0 Å². The summed E-state index contributed by atoms with van der Waals surface area (Å²) >= 11 is 0. The fourth-order valence-corrected chi connectivity index (χ4v) is 2.63. The largest absolute Gasteiger partial charge is 0.339 e. The molecule has 0 radical (unpaired) electrons. The van der Waals surface area contributed by atoms with Crippen LogP contribution >= 0.6 is 0 Å². The number of carbonyl (C=O) groups is 1. The number of amides is 1. The SMILES string of the molecule is CCCC(C)N(C)C(=O)c1ccc2c(c1)CNCC2. The molecule has 1 unspecified atom stereocenters. The predicted octanol–water partition coefficient (Wildman–Crippen LogP) is 2.59. The summed E-state index contributed by atoms with van der Waals surface area (Å²) in [5, 5.41) is 3.35. The molecule has 1 aromatic carbocycles. The maximum atomic E-state index is 12.5. The van der Waals surface area contributed by atoms with Gasteiger partial charge in [-0.15, -0.1) is 0 Å². The highest BCUT2D eigenvalue weighted by molar-refractivity contribution is 5.94. The third-order valence-corrected chi connectivity index (χ3v) is 4.03. The van der Waals surface area contributed by atoms with Crippen LogP contribution in [0.15, 0.2) is 18.2 Å². The Balaban J connectivity index is 2.15. The van der Waals surface area contributed by atoms with E-state index < -0.39 is 0 Å². The van der Waals surface area contributed by atoms with Gasteiger partial charge in [0.25, 0.3) is 5.91 Å². The molecule has 0 saturated heterocycles. The van der Waals surface area contributed by atoms with E-state index in [1.807, 2.05) is 18.0 Å². The number of fused-ring (bicyclic) bond motifs is 1. The molecule has 1 amide bonds. The highest BCUT2D eigenvalue weighted by Gasteiger charge is 2.18. The van der Waals surface area contributed by atoms with Gasteiger partial charge in [0.2, 0.25) is 0 Å². The Kier molecular flexibility index (Phi) is 4.59. The lowest BCUT2D eigenvalue weighted by molar-refractivity contribution is 0.0736. The Morgan fingerprint density at radius 1 is 1.42 bits per heavy atom. The van der Waals surface area contributed by atoms with Crippen molar-refractivity contribution < 1.29 is 4.79 Å². The lowest BCUT2D eigenvalue weighted by atomic mass is 9.98. The van der Waals surface area contributed by atoms with E-state index in [1.54, 1.807) is 0 Å². The van der Waals surface area contributed by atoms with Gasteiger partial charge < -0.3 is 10.2 Å². The second-order valence-corrected chi connectivity index (χ2v) is 5.46. The van der Waals surface area contributed by atoms with Gasteiger partial charge in [-0.25, -0.2) is 0 Å². The molecule has 3 heteroatoms. The maximum Gasteiger partial charge on any atom is 0.253 e. The van der Waals surface area contributed by atoms with E-state index in [1.165, 1.54) is 11.1 Å². The first kappa shape index (κ1) is 14.1. The molecule has 1 aromatic rings. The Bertz CT molecular complexity index is 456. The number of rotatable bonds is 4. The number of benzene rings is 1. The van der Waals surface area contributed by atoms with E-state index in [0.717, 1.165) is 37.9 Å². The minimum Gasteiger partial charge on any atom is -0.339 e. The minimum atomic E-state index is 0.134. The second-order valence-electron chi connectivity index (χ2n) is 5.46.